The number of unbranched alkanes of at least 4 members (excludes halogenated alkanes) is 1. The topological polar surface area (TPSA) is 267 Å². The van der Waals surface area contributed by atoms with Gasteiger partial charge in [-0.15, -0.1) is 0 Å². The lowest BCUT2D eigenvalue weighted by atomic mass is 10.0. The summed E-state index contributed by atoms with van der Waals surface area (Å²) in [5.41, 5.74) is 5.97. The second kappa shape index (κ2) is 23.4. The average molecular weight is 798 g/mol. The minimum Gasteiger partial charge on any atom is -0.508 e. The van der Waals surface area contributed by atoms with Crippen molar-refractivity contribution in [2.45, 2.75) is 116 Å². The van der Waals surface area contributed by atoms with Gasteiger partial charge in [-0.2, -0.15) is 0 Å². The number of carbonyl (C=O) groups is 7. The Bertz CT molecular complexity index is 1650. The predicted octanol–water partition coefficient (Wildman–Crippen LogP) is 1.41. The van der Waals surface area contributed by atoms with Crippen LogP contribution in [0.3, 0.4) is 0 Å². The highest BCUT2D eigenvalue weighted by molar-refractivity contribution is 5.95. The number of carbonyl (C=O) groups excluding carboxylic acids is 6. The molecule has 0 aliphatic rings. The van der Waals surface area contributed by atoms with E-state index in [-0.39, 0.29) is 37.4 Å². The summed E-state index contributed by atoms with van der Waals surface area (Å²) in [5, 5.41) is 34.6. The van der Waals surface area contributed by atoms with Crippen molar-refractivity contribution in [3.8, 4) is 5.75 Å². The molecule has 10 N–H and O–H groups in total. The number of hydrogen-bond donors (Lipinski definition) is 9. The van der Waals surface area contributed by atoms with Crippen LogP contribution in [0.5, 0.6) is 5.75 Å². The number of hydrogen-bond acceptors (Lipinski definition) is 10. The molecule has 0 saturated heterocycles. The number of amides is 6. The van der Waals surface area contributed by atoms with Gasteiger partial charge in [-0.05, 0) is 89.1 Å². The fourth-order valence-electron chi connectivity index (χ4n) is 5.53. The van der Waals surface area contributed by atoms with Crippen molar-refractivity contribution < 1.29 is 48.5 Å². The van der Waals surface area contributed by atoms with Gasteiger partial charge in [0.05, 0.1) is 6.54 Å². The van der Waals surface area contributed by atoms with Crippen molar-refractivity contribution in [2.24, 2.45) is 11.7 Å². The quantitative estimate of drug-likeness (QED) is 0.0769. The van der Waals surface area contributed by atoms with Crippen molar-refractivity contribution in [1.82, 2.24) is 31.9 Å². The second-order valence-corrected chi connectivity index (χ2v) is 15.2. The Kier molecular flexibility index (Phi) is 19.5. The zero-order valence-corrected chi connectivity index (χ0v) is 33.6. The van der Waals surface area contributed by atoms with Crippen LogP contribution in [-0.4, -0.2) is 101 Å². The molecular weight excluding hydrogens is 738 g/mol. The summed E-state index contributed by atoms with van der Waals surface area (Å²) in [6.45, 7) is 9.84. The fraction of sp³-hybridized carbons (Fsp3) is 0.525. The zero-order valence-electron chi connectivity index (χ0n) is 33.6. The molecule has 0 saturated carbocycles. The summed E-state index contributed by atoms with van der Waals surface area (Å²) >= 11 is 0. The van der Waals surface area contributed by atoms with E-state index in [4.69, 9.17) is 10.5 Å². The normalized spacial score (nSPS) is 13.8. The first-order chi connectivity index (χ1) is 26.8. The van der Waals surface area contributed by atoms with E-state index in [1.54, 1.807) is 63.2 Å². The standard InChI is InChI=1S/C40H59N7O10/c1-24(2)20-30(36(52)45-29(38(54)55)14-10-11-19-41)46-37(53)31(21-26-12-8-7-9-13-26)44-33(49)23-42-34(50)25(3)43-35(51)32(47-39(56)57-40(4,5)6)22-27-15-17-28(48)18-16-27/h7-9,12-13,15-18,24-25,29-32,48H,10-11,14,19-23,41H2,1-6H3,(H,42,50)(H,43,51)(H,44,49)(H,45,52)(H,46,53)(H,47,56)(H,54,55). The second-order valence-electron chi connectivity index (χ2n) is 15.2. The third kappa shape index (κ3) is 18.7. The molecule has 6 amide bonds. The molecule has 0 fully saturated rings. The van der Waals surface area contributed by atoms with Crippen LogP contribution in [0.15, 0.2) is 54.6 Å². The Morgan fingerprint density at radius 1 is 0.684 bits per heavy atom. The van der Waals surface area contributed by atoms with Gasteiger partial charge in [0.25, 0.3) is 0 Å². The van der Waals surface area contributed by atoms with Gasteiger partial charge in [0.15, 0.2) is 0 Å². The summed E-state index contributed by atoms with van der Waals surface area (Å²) in [7, 11) is 0. The van der Waals surface area contributed by atoms with Gasteiger partial charge in [-0.1, -0.05) is 56.3 Å². The van der Waals surface area contributed by atoms with Gasteiger partial charge in [0.1, 0.15) is 41.6 Å². The molecule has 17 heteroatoms. The summed E-state index contributed by atoms with van der Waals surface area (Å²) in [5.74, 6) is -4.86. The van der Waals surface area contributed by atoms with E-state index >= 15 is 0 Å². The Balaban J connectivity index is 2.14. The third-order valence-electron chi connectivity index (χ3n) is 8.39. The van der Waals surface area contributed by atoms with E-state index in [1.165, 1.54) is 19.1 Å². The molecule has 314 valence electrons. The minimum absolute atomic E-state index is 0.00157. The average Bonchev–Trinajstić information content (AvgIpc) is 3.12. The van der Waals surface area contributed by atoms with Gasteiger partial charge in [-0.3, -0.25) is 24.0 Å². The van der Waals surface area contributed by atoms with Crippen molar-refractivity contribution in [3.05, 3.63) is 65.7 Å². The first kappa shape index (κ1) is 47.4. The van der Waals surface area contributed by atoms with Crippen LogP contribution in [0, 0.1) is 5.92 Å². The largest absolute Gasteiger partial charge is 0.508 e. The molecule has 0 aliphatic carbocycles. The van der Waals surface area contributed by atoms with Gasteiger partial charge >= 0.3 is 12.1 Å². The molecule has 2 aromatic rings. The number of aliphatic carboxylic acids is 1. The highest BCUT2D eigenvalue weighted by Gasteiger charge is 2.31. The smallest absolute Gasteiger partial charge is 0.408 e. The van der Waals surface area contributed by atoms with Crippen LogP contribution in [0.2, 0.25) is 0 Å². The summed E-state index contributed by atoms with van der Waals surface area (Å²) < 4.78 is 5.30. The molecule has 57 heavy (non-hydrogen) atoms. The molecular formula is C40H59N7O10. The predicted molar refractivity (Wildman–Crippen MR) is 212 cm³/mol. The van der Waals surface area contributed by atoms with Crippen molar-refractivity contribution in [2.75, 3.05) is 13.1 Å². The lowest BCUT2D eigenvalue weighted by Crippen LogP contribution is -2.57. The van der Waals surface area contributed by atoms with Crippen molar-refractivity contribution >= 4 is 41.6 Å². The number of nitrogens with one attached hydrogen (secondary N) is 6. The van der Waals surface area contributed by atoms with Crippen LogP contribution >= 0.6 is 0 Å². The van der Waals surface area contributed by atoms with Crippen LogP contribution in [0.4, 0.5) is 4.79 Å². The van der Waals surface area contributed by atoms with Crippen LogP contribution < -0.4 is 37.6 Å². The Morgan fingerprint density at radius 3 is 1.79 bits per heavy atom. The highest BCUT2D eigenvalue weighted by atomic mass is 16.6. The first-order valence-corrected chi connectivity index (χ1v) is 19.0. The molecule has 0 aliphatic heterocycles. The van der Waals surface area contributed by atoms with Crippen LogP contribution in [-0.2, 0) is 46.3 Å². The monoisotopic (exact) mass is 797 g/mol. The Morgan fingerprint density at radius 2 is 1.23 bits per heavy atom. The number of rotatable bonds is 22. The number of carboxylic acids is 1. The Labute approximate surface area is 333 Å². The number of carboxylic acid groups (broad SMARTS) is 1. The molecule has 0 spiro atoms. The first-order valence-electron chi connectivity index (χ1n) is 19.0. The zero-order chi connectivity index (χ0) is 42.7. The molecule has 5 unspecified atom stereocenters. The molecule has 2 aromatic carbocycles. The minimum atomic E-state index is -1.22. The highest BCUT2D eigenvalue weighted by Crippen LogP contribution is 2.14. The van der Waals surface area contributed by atoms with Crippen molar-refractivity contribution in [3.63, 3.8) is 0 Å². The van der Waals surface area contributed by atoms with Gasteiger partial charge < -0.3 is 52.6 Å². The molecule has 0 radical (unpaired) electrons. The van der Waals surface area contributed by atoms with Crippen LogP contribution in [0.25, 0.3) is 0 Å². The third-order valence-corrected chi connectivity index (χ3v) is 8.39. The van der Waals surface area contributed by atoms with E-state index in [1.807, 2.05) is 13.8 Å². The number of alkyl carbamates (subject to hydrolysis) is 1. The van der Waals surface area contributed by atoms with E-state index in [9.17, 15) is 43.8 Å². The van der Waals surface area contributed by atoms with Gasteiger partial charge in [0, 0.05) is 12.8 Å². The van der Waals surface area contributed by atoms with Gasteiger partial charge in [0.2, 0.25) is 29.5 Å². The fourth-order valence-corrected chi connectivity index (χ4v) is 5.53. The summed E-state index contributed by atoms with van der Waals surface area (Å²) in [6.07, 6.45) is 0.570. The lowest BCUT2D eigenvalue weighted by molar-refractivity contribution is -0.142. The molecule has 0 heterocycles. The van der Waals surface area contributed by atoms with E-state index in [0.717, 1.165) is 0 Å². The van der Waals surface area contributed by atoms with Crippen molar-refractivity contribution in [1.29, 1.82) is 0 Å². The van der Waals surface area contributed by atoms with E-state index in [2.05, 4.69) is 31.9 Å². The van der Waals surface area contributed by atoms with Crippen LogP contribution in [0.1, 0.15) is 78.4 Å². The van der Waals surface area contributed by atoms with E-state index in [0.29, 0.717) is 30.5 Å². The SMILES string of the molecule is CC(C)CC(NC(=O)C(Cc1ccccc1)NC(=O)CNC(=O)C(C)NC(=O)C(Cc1ccc(O)cc1)NC(=O)OC(C)(C)C)C(=O)NC(CCCCN)C(=O)O. The Hall–Kier alpha value is -5.71. The van der Waals surface area contributed by atoms with Gasteiger partial charge in [-0.25, -0.2) is 9.59 Å². The summed E-state index contributed by atoms with van der Waals surface area (Å²) in [6, 6.07) is 8.97. The van der Waals surface area contributed by atoms with E-state index < -0.39 is 84.0 Å². The number of ether oxygens (including phenoxy) is 1. The number of phenolic OH excluding ortho intramolecular Hbond substituents is 1. The summed E-state index contributed by atoms with van der Waals surface area (Å²) in [4.78, 5) is 91.0. The number of aromatic hydroxyl groups is 1. The molecule has 17 nitrogen and oxygen atoms in total. The molecule has 0 bridgehead atoms. The maximum atomic E-state index is 13.7. The molecule has 5 atom stereocenters. The maximum absolute atomic E-state index is 13.7. The molecule has 0 aromatic heterocycles. The number of phenols is 1. The number of benzene rings is 2. The molecule has 2 rings (SSSR count). The maximum Gasteiger partial charge on any atom is 0.408 e. The number of nitrogens with two attached hydrogens (primary N) is 1. The lowest BCUT2D eigenvalue weighted by Gasteiger charge is -2.26.